The Kier molecular flexibility index (Phi) is 15.8. The van der Waals surface area contributed by atoms with Crippen LogP contribution in [0, 0.1) is 23.7 Å². The largest absolute Gasteiger partial charge is 0.481 e. The summed E-state index contributed by atoms with van der Waals surface area (Å²) in [4.78, 5) is 24.7. The molecule has 4 unspecified atom stereocenters. The van der Waals surface area contributed by atoms with E-state index in [-0.39, 0.29) is 12.1 Å². The predicted molar refractivity (Wildman–Crippen MR) is 133 cm³/mol. The van der Waals surface area contributed by atoms with Gasteiger partial charge in [-0.1, -0.05) is 98.3 Å². The molecule has 0 aliphatic heterocycles. The molecule has 4 nitrogen and oxygen atoms in total. The van der Waals surface area contributed by atoms with Crippen LogP contribution in [0.1, 0.15) is 137 Å². The van der Waals surface area contributed by atoms with Crippen molar-refractivity contribution in [1.82, 2.24) is 0 Å². The monoisotopic (exact) mass is 452 g/mol. The first kappa shape index (κ1) is 29.0. The van der Waals surface area contributed by atoms with Gasteiger partial charge < -0.3 is 9.84 Å². The van der Waals surface area contributed by atoms with Crippen LogP contribution in [0.5, 0.6) is 0 Å². The third kappa shape index (κ3) is 11.7. The Labute approximate surface area is 198 Å². The second kappa shape index (κ2) is 17.4. The van der Waals surface area contributed by atoms with Crippen LogP contribution in [0.3, 0.4) is 0 Å². The highest BCUT2D eigenvalue weighted by Crippen LogP contribution is 2.33. The van der Waals surface area contributed by atoms with E-state index in [0.29, 0.717) is 18.8 Å². The minimum Gasteiger partial charge on any atom is -0.481 e. The Bertz CT molecular complexity index is 502. The van der Waals surface area contributed by atoms with Gasteiger partial charge in [-0.3, -0.25) is 9.59 Å². The van der Waals surface area contributed by atoms with Gasteiger partial charge >= 0.3 is 11.9 Å². The number of esters is 1. The SMILES string of the molecule is CCCCC(CC)C(CCCCCCCCCC(C)C)OC(=O)C1CCCCC1C(=O)O. The molecule has 0 spiro atoms. The molecule has 0 heterocycles. The molecule has 1 aliphatic carbocycles. The summed E-state index contributed by atoms with van der Waals surface area (Å²) < 4.78 is 6.10. The molecule has 1 rings (SSSR count). The Balaban J connectivity index is 2.52. The van der Waals surface area contributed by atoms with Crippen molar-refractivity contribution in [2.24, 2.45) is 23.7 Å². The Morgan fingerprint density at radius 2 is 1.38 bits per heavy atom. The molecule has 0 bridgehead atoms. The Morgan fingerprint density at radius 1 is 0.812 bits per heavy atom. The van der Waals surface area contributed by atoms with Crippen molar-refractivity contribution in [1.29, 1.82) is 0 Å². The van der Waals surface area contributed by atoms with Crippen LogP contribution in [-0.2, 0) is 14.3 Å². The highest BCUT2D eigenvalue weighted by Gasteiger charge is 2.38. The second-order valence-corrected chi connectivity index (χ2v) is 10.6. The van der Waals surface area contributed by atoms with Crippen LogP contribution in [0.25, 0.3) is 0 Å². The fourth-order valence-corrected chi connectivity index (χ4v) is 5.24. The lowest BCUT2D eigenvalue weighted by molar-refractivity contribution is -0.166. The molecule has 32 heavy (non-hydrogen) atoms. The molecule has 0 saturated heterocycles. The summed E-state index contributed by atoms with van der Waals surface area (Å²) in [6.07, 6.45) is 18.6. The second-order valence-electron chi connectivity index (χ2n) is 10.6. The fourth-order valence-electron chi connectivity index (χ4n) is 5.24. The molecular weight excluding hydrogens is 400 g/mol. The minimum absolute atomic E-state index is 0.0542. The van der Waals surface area contributed by atoms with Gasteiger partial charge in [-0.05, 0) is 50.4 Å². The minimum atomic E-state index is -0.838. The van der Waals surface area contributed by atoms with Crippen molar-refractivity contribution >= 4 is 11.9 Å². The maximum absolute atomic E-state index is 13.0. The van der Waals surface area contributed by atoms with Gasteiger partial charge in [0.15, 0.2) is 0 Å². The summed E-state index contributed by atoms with van der Waals surface area (Å²) in [7, 11) is 0. The summed E-state index contributed by atoms with van der Waals surface area (Å²) in [5.41, 5.74) is 0. The molecule has 0 aromatic carbocycles. The normalized spacial score (nSPS) is 20.8. The maximum Gasteiger partial charge on any atom is 0.310 e. The van der Waals surface area contributed by atoms with Crippen LogP contribution in [0.2, 0.25) is 0 Å². The van der Waals surface area contributed by atoms with Crippen molar-refractivity contribution in [2.75, 3.05) is 0 Å². The number of unbranched alkanes of at least 4 members (excludes halogenated alkanes) is 7. The molecule has 1 saturated carbocycles. The molecule has 4 atom stereocenters. The number of rotatable bonds is 18. The van der Waals surface area contributed by atoms with Gasteiger partial charge in [0.2, 0.25) is 0 Å². The summed E-state index contributed by atoms with van der Waals surface area (Å²) in [5, 5.41) is 9.56. The van der Waals surface area contributed by atoms with Crippen LogP contribution >= 0.6 is 0 Å². The molecule has 1 aliphatic rings. The van der Waals surface area contributed by atoms with Crippen LogP contribution in [-0.4, -0.2) is 23.1 Å². The molecule has 0 aromatic rings. The lowest BCUT2D eigenvalue weighted by atomic mass is 9.79. The first-order chi connectivity index (χ1) is 15.4. The summed E-state index contributed by atoms with van der Waals surface area (Å²) >= 11 is 0. The number of hydrogen-bond donors (Lipinski definition) is 1. The van der Waals surface area contributed by atoms with E-state index in [9.17, 15) is 14.7 Å². The smallest absolute Gasteiger partial charge is 0.310 e. The van der Waals surface area contributed by atoms with Gasteiger partial charge in [0.25, 0.3) is 0 Å². The van der Waals surface area contributed by atoms with Crippen LogP contribution in [0.15, 0.2) is 0 Å². The van der Waals surface area contributed by atoms with E-state index in [1.54, 1.807) is 0 Å². The summed E-state index contributed by atoms with van der Waals surface area (Å²) in [5.74, 6) is -0.909. The van der Waals surface area contributed by atoms with Crippen molar-refractivity contribution in [3.63, 3.8) is 0 Å². The average molecular weight is 453 g/mol. The molecule has 1 fully saturated rings. The van der Waals surface area contributed by atoms with Crippen LogP contribution < -0.4 is 0 Å². The molecule has 0 amide bonds. The molecule has 0 radical (unpaired) electrons. The van der Waals surface area contributed by atoms with E-state index >= 15 is 0 Å². The first-order valence-corrected chi connectivity index (χ1v) is 13.8. The number of carbonyl (C=O) groups is 2. The molecule has 4 heteroatoms. The lowest BCUT2D eigenvalue weighted by Crippen LogP contribution is -2.37. The number of carboxylic acids is 1. The quantitative estimate of drug-likeness (QED) is 0.168. The molecular formula is C28H52O4. The zero-order valence-corrected chi connectivity index (χ0v) is 21.6. The highest BCUT2D eigenvalue weighted by molar-refractivity contribution is 5.81. The third-order valence-corrected chi connectivity index (χ3v) is 7.40. The van der Waals surface area contributed by atoms with Gasteiger partial charge in [-0.25, -0.2) is 0 Å². The predicted octanol–water partition coefficient (Wildman–Crippen LogP) is 8.17. The molecule has 188 valence electrons. The van der Waals surface area contributed by atoms with Gasteiger partial charge in [-0.15, -0.1) is 0 Å². The topological polar surface area (TPSA) is 63.6 Å². The van der Waals surface area contributed by atoms with E-state index in [0.717, 1.165) is 57.3 Å². The molecule has 0 aromatic heterocycles. The highest BCUT2D eigenvalue weighted by atomic mass is 16.5. The number of carboxylic acid groups (broad SMARTS) is 1. The van der Waals surface area contributed by atoms with Crippen molar-refractivity contribution in [3.05, 3.63) is 0 Å². The summed E-state index contributed by atoms with van der Waals surface area (Å²) in [6.45, 7) is 8.99. The number of ether oxygens (including phenoxy) is 1. The van der Waals surface area contributed by atoms with E-state index < -0.39 is 17.8 Å². The summed E-state index contributed by atoms with van der Waals surface area (Å²) in [6, 6.07) is 0. The maximum atomic E-state index is 13.0. The van der Waals surface area contributed by atoms with Gasteiger partial charge in [0.1, 0.15) is 6.10 Å². The van der Waals surface area contributed by atoms with Crippen molar-refractivity contribution < 1.29 is 19.4 Å². The number of aliphatic carboxylic acids is 1. The van der Waals surface area contributed by atoms with Gasteiger partial charge in [0, 0.05) is 0 Å². The Morgan fingerprint density at radius 3 is 1.91 bits per heavy atom. The lowest BCUT2D eigenvalue weighted by Gasteiger charge is -2.31. The third-order valence-electron chi connectivity index (χ3n) is 7.40. The van der Waals surface area contributed by atoms with Crippen LogP contribution in [0.4, 0.5) is 0 Å². The van der Waals surface area contributed by atoms with E-state index in [4.69, 9.17) is 4.74 Å². The zero-order valence-electron chi connectivity index (χ0n) is 21.6. The zero-order chi connectivity index (χ0) is 23.8. The van der Waals surface area contributed by atoms with E-state index in [1.807, 2.05) is 0 Å². The van der Waals surface area contributed by atoms with E-state index in [1.165, 1.54) is 44.9 Å². The van der Waals surface area contributed by atoms with Crippen molar-refractivity contribution in [2.45, 2.75) is 143 Å². The van der Waals surface area contributed by atoms with E-state index in [2.05, 4.69) is 27.7 Å². The van der Waals surface area contributed by atoms with Gasteiger partial charge in [-0.2, -0.15) is 0 Å². The standard InChI is InChI=1S/C28H52O4/c1-5-7-18-23(6-2)26(21-14-12-10-8-9-11-13-17-22(3)4)32-28(31)25-20-16-15-19-24(25)27(29)30/h22-26H,5-21H2,1-4H3,(H,29,30). The average Bonchev–Trinajstić information content (AvgIpc) is 2.77. The molecule has 1 N–H and O–H groups in total. The first-order valence-electron chi connectivity index (χ1n) is 13.8. The van der Waals surface area contributed by atoms with Gasteiger partial charge in [0.05, 0.1) is 11.8 Å². The number of carbonyl (C=O) groups excluding carboxylic acids is 1. The fraction of sp³-hybridized carbons (Fsp3) is 0.929. The number of hydrogen-bond acceptors (Lipinski definition) is 3. The Hall–Kier alpha value is -1.06. The van der Waals surface area contributed by atoms with Crippen molar-refractivity contribution in [3.8, 4) is 0 Å².